The van der Waals surface area contributed by atoms with E-state index in [-0.39, 0.29) is 7.43 Å². The van der Waals surface area contributed by atoms with E-state index in [0.29, 0.717) is 5.88 Å². The Morgan fingerprint density at radius 2 is 1.50 bits per heavy atom. The van der Waals surface area contributed by atoms with Crippen LogP contribution in [0.2, 0.25) is 0 Å². The fourth-order valence-corrected chi connectivity index (χ4v) is 2.23. The first-order valence-electron chi connectivity index (χ1n) is 5.63. The van der Waals surface area contributed by atoms with Crippen molar-refractivity contribution in [1.82, 2.24) is 4.57 Å². The van der Waals surface area contributed by atoms with E-state index in [1.807, 2.05) is 66.1 Å². The van der Waals surface area contributed by atoms with Gasteiger partial charge in [0.25, 0.3) is 0 Å². The van der Waals surface area contributed by atoms with Crippen molar-refractivity contribution >= 4 is 10.9 Å². The molecule has 92 valence electrons. The Morgan fingerprint density at radius 1 is 0.889 bits per heavy atom. The Kier molecular flexibility index (Phi) is 3.11. The molecule has 1 aromatic heterocycles. The van der Waals surface area contributed by atoms with Crippen LogP contribution in [0, 0.1) is 6.92 Å². The van der Waals surface area contributed by atoms with Crippen molar-refractivity contribution in [3.8, 4) is 11.6 Å². The average Bonchev–Trinajstić information content (AvgIpc) is 2.64. The highest BCUT2D eigenvalue weighted by molar-refractivity contribution is 5.88. The molecule has 18 heavy (non-hydrogen) atoms. The lowest BCUT2D eigenvalue weighted by atomic mass is 10.2. The van der Waals surface area contributed by atoms with Crippen LogP contribution >= 0.6 is 0 Å². The molecule has 0 bridgehead atoms. The normalized spacial score (nSPS) is 10.3. The van der Waals surface area contributed by atoms with E-state index in [2.05, 4.69) is 0 Å². The van der Waals surface area contributed by atoms with Crippen molar-refractivity contribution in [3.63, 3.8) is 0 Å². The molecule has 2 heteroatoms. The third kappa shape index (κ3) is 1.66. The van der Waals surface area contributed by atoms with Gasteiger partial charge < -0.3 is 5.11 Å². The summed E-state index contributed by atoms with van der Waals surface area (Å²) in [6, 6.07) is 17.9. The fourth-order valence-electron chi connectivity index (χ4n) is 2.23. The van der Waals surface area contributed by atoms with Crippen LogP contribution in [0.5, 0.6) is 5.88 Å². The van der Waals surface area contributed by atoms with Gasteiger partial charge in [0.1, 0.15) is 0 Å². The summed E-state index contributed by atoms with van der Waals surface area (Å²) < 4.78 is 1.88. The van der Waals surface area contributed by atoms with Crippen LogP contribution in [0.15, 0.2) is 54.6 Å². The largest absolute Gasteiger partial charge is 0.494 e. The first kappa shape index (κ1) is 12.2. The van der Waals surface area contributed by atoms with Crippen LogP contribution in [0.3, 0.4) is 0 Å². The van der Waals surface area contributed by atoms with Crippen LogP contribution in [0.4, 0.5) is 0 Å². The summed E-state index contributed by atoms with van der Waals surface area (Å²) in [7, 11) is 0. The molecule has 0 fully saturated rings. The molecule has 0 saturated heterocycles. The molecular weight excluding hydrogens is 222 g/mol. The number of hydrogen-bond donors (Lipinski definition) is 1. The van der Waals surface area contributed by atoms with E-state index in [0.717, 1.165) is 22.2 Å². The molecule has 1 N–H and O–H groups in total. The molecule has 0 amide bonds. The third-order valence-corrected chi connectivity index (χ3v) is 3.11. The van der Waals surface area contributed by atoms with Gasteiger partial charge >= 0.3 is 0 Å². The number of hydrogen-bond acceptors (Lipinski definition) is 1. The molecule has 0 spiro atoms. The van der Waals surface area contributed by atoms with Gasteiger partial charge in [-0.3, -0.25) is 4.57 Å². The minimum Gasteiger partial charge on any atom is -0.494 e. The highest BCUT2D eigenvalue weighted by Crippen LogP contribution is 2.33. The number of benzene rings is 2. The highest BCUT2D eigenvalue weighted by atomic mass is 16.3. The second-order valence-electron chi connectivity index (χ2n) is 4.14. The second-order valence-corrected chi connectivity index (χ2v) is 4.14. The van der Waals surface area contributed by atoms with Gasteiger partial charge in [-0.25, -0.2) is 0 Å². The topological polar surface area (TPSA) is 25.2 Å². The van der Waals surface area contributed by atoms with Crippen LogP contribution in [0.1, 0.15) is 13.0 Å². The molecule has 0 unspecified atom stereocenters. The second kappa shape index (κ2) is 4.57. The maximum Gasteiger partial charge on any atom is 0.199 e. The van der Waals surface area contributed by atoms with Gasteiger partial charge in [0.2, 0.25) is 0 Å². The summed E-state index contributed by atoms with van der Waals surface area (Å²) in [4.78, 5) is 0. The predicted molar refractivity (Wildman–Crippen MR) is 76.4 cm³/mol. The first-order valence-corrected chi connectivity index (χ1v) is 5.63. The van der Waals surface area contributed by atoms with E-state index >= 15 is 0 Å². The minimum absolute atomic E-state index is 0. The summed E-state index contributed by atoms with van der Waals surface area (Å²) in [5.74, 6) is 0.317. The summed E-state index contributed by atoms with van der Waals surface area (Å²) in [6.07, 6.45) is 0. The number of aromatic nitrogens is 1. The van der Waals surface area contributed by atoms with Crippen LogP contribution in [-0.4, -0.2) is 9.67 Å². The van der Waals surface area contributed by atoms with Gasteiger partial charge in [0, 0.05) is 16.6 Å². The minimum atomic E-state index is 0. The van der Waals surface area contributed by atoms with E-state index < -0.39 is 0 Å². The van der Waals surface area contributed by atoms with E-state index in [4.69, 9.17) is 0 Å². The van der Waals surface area contributed by atoms with Gasteiger partial charge in [-0.2, -0.15) is 0 Å². The summed E-state index contributed by atoms with van der Waals surface area (Å²) in [6.45, 7) is 1.94. The first-order chi connectivity index (χ1) is 8.29. The van der Waals surface area contributed by atoms with Crippen molar-refractivity contribution in [3.05, 3.63) is 60.2 Å². The number of para-hydroxylation sites is 2. The Balaban J connectivity index is 0.00000120. The molecular formula is C16H17NO. The molecule has 1 heterocycles. The SMILES string of the molecule is C.Cc1c(O)n(-c2ccccc2)c2ccccc12. The Labute approximate surface area is 107 Å². The van der Waals surface area contributed by atoms with E-state index in [1.54, 1.807) is 0 Å². The fraction of sp³-hybridized carbons (Fsp3) is 0.125. The van der Waals surface area contributed by atoms with Crippen LogP contribution in [0.25, 0.3) is 16.6 Å². The van der Waals surface area contributed by atoms with Crippen LogP contribution < -0.4 is 0 Å². The smallest absolute Gasteiger partial charge is 0.199 e. The molecule has 0 radical (unpaired) electrons. The van der Waals surface area contributed by atoms with Gasteiger partial charge in [-0.1, -0.05) is 43.8 Å². The zero-order valence-electron chi connectivity index (χ0n) is 9.59. The Bertz CT molecular complexity index is 668. The van der Waals surface area contributed by atoms with E-state index in [9.17, 15) is 5.11 Å². The molecule has 0 saturated carbocycles. The molecule has 0 atom stereocenters. The number of aromatic hydroxyl groups is 1. The molecule has 2 nitrogen and oxygen atoms in total. The quantitative estimate of drug-likeness (QED) is 0.673. The Morgan fingerprint density at radius 3 is 2.22 bits per heavy atom. The third-order valence-electron chi connectivity index (χ3n) is 3.11. The summed E-state index contributed by atoms with van der Waals surface area (Å²) in [5.41, 5.74) is 2.94. The predicted octanol–water partition coefficient (Wildman–Crippen LogP) is 4.28. The van der Waals surface area contributed by atoms with Gasteiger partial charge in [-0.15, -0.1) is 0 Å². The lowest BCUT2D eigenvalue weighted by Gasteiger charge is -2.06. The van der Waals surface area contributed by atoms with Crippen molar-refractivity contribution < 1.29 is 5.11 Å². The van der Waals surface area contributed by atoms with Crippen molar-refractivity contribution in [1.29, 1.82) is 0 Å². The van der Waals surface area contributed by atoms with E-state index in [1.165, 1.54) is 0 Å². The van der Waals surface area contributed by atoms with Gasteiger partial charge in [-0.05, 0) is 25.1 Å². The standard InChI is InChI=1S/C15H13NO.CH4/c1-11-13-9-5-6-10-14(13)16(15(11)17)12-7-3-2-4-8-12;/h2-10,17H,1H3;1H4. The molecule has 0 aliphatic carbocycles. The maximum absolute atomic E-state index is 10.2. The lowest BCUT2D eigenvalue weighted by Crippen LogP contribution is -1.92. The maximum atomic E-state index is 10.2. The van der Waals surface area contributed by atoms with Crippen LogP contribution in [-0.2, 0) is 0 Å². The number of aryl methyl sites for hydroxylation is 1. The zero-order chi connectivity index (χ0) is 11.8. The summed E-state index contributed by atoms with van der Waals surface area (Å²) in [5, 5.41) is 11.3. The van der Waals surface area contributed by atoms with Crippen molar-refractivity contribution in [2.24, 2.45) is 0 Å². The lowest BCUT2D eigenvalue weighted by molar-refractivity contribution is 0.441. The number of fused-ring (bicyclic) bond motifs is 1. The average molecular weight is 239 g/mol. The monoisotopic (exact) mass is 239 g/mol. The zero-order valence-corrected chi connectivity index (χ0v) is 9.59. The Hall–Kier alpha value is -2.22. The number of rotatable bonds is 1. The number of nitrogens with zero attached hydrogens (tertiary/aromatic N) is 1. The molecule has 0 aliphatic rings. The van der Waals surface area contributed by atoms with Crippen molar-refractivity contribution in [2.75, 3.05) is 0 Å². The molecule has 3 rings (SSSR count). The molecule has 3 aromatic rings. The summed E-state index contributed by atoms with van der Waals surface area (Å²) >= 11 is 0. The van der Waals surface area contributed by atoms with Gasteiger partial charge in [0.05, 0.1) is 5.52 Å². The van der Waals surface area contributed by atoms with Gasteiger partial charge in [0.15, 0.2) is 5.88 Å². The molecule has 0 aliphatic heterocycles. The van der Waals surface area contributed by atoms with Crippen molar-refractivity contribution in [2.45, 2.75) is 14.4 Å². The molecule has 2 aromatic carbocycles. The highest BCUT2D eigenvalue weighted by Gasteiger charge is 2.13.